The number of rotatable bonds is 17. The Balaban J connectivity index is 0.000000302. The molecule has 20 heteroatoms. The van der Waals surface area contributed by atoms with Crippen molar-refractivity contribution in [1.82, 2.24) is 0 Å². The predicted octanol–water partition coefficient (Wildman–Crippen LogP) is 18.9. The Morgan fingerprint density at radius 1 is 0.363 bits per heavy atom. The molecule has 0 spiro atoms. The summed E-state index contributed by atoms with van der Waals surface area (Å²) in [6.07, 6.45) is -1.08. The summed E-state index contributed by atoms with van der Waals surface area (Å²) < 4.78 is 64.3. The van der Waals surface area contributed by atoms with Crippen molar-refractivity contribution in [2.24, 2.45) is 5.41 Å². The minimum Gasteiger partial charge on any atom is -0.504 e. The molecule has 492 valence electrons. The van der Waals surface area contributed by atoms with Gasteiger partial charge in [0.1, 0.15) is 56.9 Å². The lowest BCUT2D eigenvalue weighted by atomic mass is 9.91. The fraction of sp³-hybridized carbons (Fsp3) is 0.408. The van der Waals surface area contributed by atoms with E-state index in [1.807, 2.05) is 57.2 Å². The van der Waals surface area contributed by atoms with Crippen LogP contribution >= 0.6 is 0 Å². The number of phenols is 2. The van der Waals surface area contributed by atoms with Crippen LogP contribution < -0.4 is 37.9 Å². The van der Waals surface area contributed by atoms with Crippen molar-refractivity contribution in [2.45, 2.75) is 185 Å². The molecular weight excluding hydrogens is 1170 g/mol. The Bertz CT molecular complexity index is 3390. The van der Waals surface area contributed by atoms with Crippen molar-refractivity contribution in [1.29, 1.82) is 0 Å². The summed E-state index contributed by atoms with van der Waals surface area (Å²) in [7, 11) is 0. The van der Waals surface area contributed by atoms with Gasteiger partial charge in [-0.25, -0.2) is 24.0 Å². The molecule has 0 heterocycles. The van der Waals surface area contributed by atoms with E-state index in [1.165, 1.54) is 59.7 Å². The summed E-state index contributed by atoms with van der Waals surface area (Å²) in [5, 5.41) is 18.6. The van der Waals surface area contributed by atoms with Gasteiger partial charge in [0.05, 0.1) is 11.0 Å². The summed E-state index contributed by atoms with van der Waals surface area (Å²) in [6, 6.07) is 34.2. The Kier molecular flexibility index (Phi) is 26.3. The largest absolute Gasteiger partial charge is 0.514 e. The molecule has 2 atom stereocenters. The van der Waals surface area contributed by atoms with Gasteiger partial charge in [0.25, 0.3) is 0 Å². The average Bonchev–Trinajstić information content (AvgIpc) is 2.07. The van der Waals surface area contributed by atoms with E-state index in [9.17, 15) is 39.0 Å². The fourth-order valence-electron chi connectivity index (χ4n) is 7.13. The van der Waals surface area contributed by atoms with E-state index in [0.29, 0.717) is 46.8 Å². The first-order valence-corrected chi connectivity index (χ1v) is 29.8. The van der Waals surface area contributed by atoms with Crippen LogP contribution in [0.2, 0.25) is 0 Å². The lowest BCUT2D eigenvalue weighted by Crippen LogP contribution is -2.28. The molecule has 0 aliphatic rings. The molecule has 91 heavy (non-hydrogen) atoms. The topological polar surface area (TPSA) is 254 Å². The number of esters is 2. The number of carbonyl (C=O) groups excluding carboxylic acids is 6. The van der Waals surface area contributed by atoms with Crippen LogP contribution in [-0.2, 0) is 23.7 Å². The van der Waals surface area contributed by atoms with Crippen LogP contribution in [0.1, 0.15) is 184 Å². The summed E-state index contributed by atoms with van der Waals surface area (Å²) in [4.78, 5) is 73.1. The second-order valence-electron chi connectivity index (χ2n) is 25.6. The van der Waals surface area contributed by atoms with Gasteiger partial charge in [0.2, 0.25) is 0 Å². The molecule has 0 bridgehead atoms. The van der Waals surface area contributed by atoms with Gasteiger partial charge in [0, 0.05) is 18.2 Å². The minimum atomic E-state index is -0.986. The zero-order valence-electron chi connectivity index (χ0n) is 55.6. The number of aromatic hydroxyl groups is 2. The molecule has 6 rings (SSSR count). The molecule has 0 radical (unpaired) electrons. The van der Waals surface area contributed by atoms with Crippen molar-refractivity contribution in [2.75, 3.05) is 0 Å². The maximum atomic E-state index is 12.3. The molecule has 6 aromatic carbocycles. The highest BCUT2D eigenvalue weighted by molar-refractivity contribution is 5.91. The van der Waals surface area contributed by atoms with Crippen LogP contribution in [0.5, 0.6) is 69.0 Å². The molecule has 0 aliphatic carbocycles. The maximum absolute atomic E-state index is 12.3. The summed E-state index contributed by atoms with van der Waals surface area (Å²) >= 11 is 0. The Hall–Kier alpha value is -9.46. The molecule has 20 nitrogen and oxygen atoms in total. The number of phenolic OH excluding ortho intramolecular Hbond substituents is 2. The number of benzene rings is 6. The summed E-state index contributed by atoms with van der Waals surface area (Å²) in [5.41, 5.74) is -0.829. The third kappa shape index (κ3) is 26.6. The standard InChI is InChI=1S/C28H36O9.C26H34O7.C17H18O4/c1-10-28(8,9)23(29)33-19-13-11-18(12-14-19)32-20-15-16-21(34-24(30)36-26(2,3)4)22(17-20)35-25(31)37-27(5,6)7;1-9-17(2)18-10-12-19(13-11-18)29-20-14-15-21(30-23(27)32-25(3,4)5)22(16-20)31-24(28)33-26(6,7)8;1-3-11(2)12-4-6-13(7-5-12)17(20)21-14-8-9-15(18)16(19)10-14/h11-17H,10H2,1-9H3;10-17H,9H2,1-8H3;4-11,18-19H,3H2,1-2H3. The molecule has 0 saturated carbocycles. The number of hydrogen-bond acceptors (Lipinski definition) is 20. The summed E-state index contributed by atoms with van der Waals surface area (Å²) in [5.74, 6) is 1.57. The van der Waals surface area contributed by atoms with Crippen LogP contribution in [0, 0.1) is 5.41 Å². The van der Waals surface area contributed by atoms with E-state index in [0.717, 1.165) is 12.8 Å². The first kappa shape index (κ1) is 74.0. The van der Waals surface area contributed by atoms with Crippen LogP contribution in [-0.4, -0.2) is 69.2 Å². The van der Waals surface area contributed by atoms with Gasteiger partial charge in [-0.2, -0.15) is 0 Å². The monoisotopic (exact) mass is 1260 g/mol. The van der Waals surface area contributed by atoms with E-state index in [-0.39, 0.29) is 52.0 Å². The van der Waals surface area contributed by atoms with Crippen molar-refractivity contribution in [3.63, 3.8) is 0 Å². The van der Waals surface area contributed by atoms with Gasteiger partial charge in [-0.1, -0.05) is 58.9 Å². The fourth-order valence-corrected chi connectivity index (χ4v) is 7.13. The second-order valence-corrected chi connectivity index (χ2v) is 25.6. The van der Waals surface area contributed by atoms with Crippen LogP contribution in [0.4, 0.5) is 19.2 Å². The van der Waals surface area contributed by atoms with E-state index in [4.69, 9.17) is 56.8 Å². The van der Waals surface area contributed by atoms with Crippen LogP contribution in [0.15, 0.2) is 127 Å². The minimum absolute atomic E-state index is 0.00502. The maximum Gasteiger partial charge on any atom is 0.514 e. The third-order valence-corrected chi connectivity index (χ3v) is 12.7. The lowest BCUT2D eigenvalue weighted by Gasteiger charge is -2.21. The zero-order chi connectivity index (χ0) is 68.2. The van der Waals surface area contributed by atoms with Crippen molar-refractivity contribution >= 4 is 36.6 Å². The first-order valence-electron chi connectivity index (χ1n) is 29.8. The highest BCUT2D eigenvalue weighted by Gasteiger charge is 2.29. The van der Waals surface area contributed by atoms with Gasteiger partial charge in [0.15, 0.2) is 34.5 Å². The smallest absolute Gasteiger partial charge is 0.504 e. The van der Waals surface area contributed by atoms with E-state index >= 15 is 0 Å². The quantitative estimate of drug-likeness (QED) is 0.0283. The molecule has 6 aromatic rings. The molecular formula is C71H88O20. The SMILES string of the molecule is CCC(C)(C)C(=O)Oc1ccc(Oc2ccc(OC(=O)OC(C)(C)C)c(OC(=O)OC(C)(C)C)c2)cc1.CCC(C)c1ccc(C(=O)Oc2ccc(O)c(O)c2)cc1.CCC(C)c1ccc(Oc2ccc(OC(=O)OC(C)(C)C)c(OC(=O)OC(C)(C)C)c2)cc1. The van der Waals surface area contributed by atoms with Gasteiger partial charge >= 0.3 is 36.6 Å². The Labute approximate surface area is 533 Å². The number of hydrogen-bond donors (Lipinski definition) is 2. The van der Waals surface area contributed by atoms with Crippen LogP contribution in [0.25, 0.3) is 0 Å². The van der Waals surface area contributed by atoms with Gasteiger partial charge < -0.3 is 67.1 Å². The van der Waals surface area contributed by atoms with Gasteiger partial charge in [-0.05, 0) is 224 Å². The average molecular weight is 1260 g/mol. The predicted molar refractivity (Wildman–Crippen MR) is 342 cm³/mol. The van der Waals surface area contributed by atoms with Crippen LogP contribution in [0.3, 0.4) is 0 Å². The Morgan fingerprint density at radius 2 is 0.692 bits per heavy atom. The van der Waals surface area contributed by atoms with Gasteiger partial charge in [-0.15, -0.1) is 0 Å². The number of ether oxygens (including phenoxy) is 12. The van der Waals surface area contributed by atoms with Crippen molar-refractivity contribution in [3.05, 3.63) is 144 Å². The molecule has 2 N–H and O–H groups in total. The molecule has 0 aliphatic heterocycles. The van der Waals surface area contributed by atoms with E-state index in [2.05, 4.69) is 27.7 Å². The normalized spacial score (nSPS) is 12.1. The molecule has 0 aromatic heterocycles. The molecule has 2 unspecified atom stereocenters. The molecule has 0 amide bonds. The highest BCUT2D eigenvalue weighted by atomic mass is 16.8. The lowest BCUT2D eigenvalue weighted by molar-refractivity contribution is -0.144. The summed E-state index contributed by atoms with van der Waals surface area (Å²) in [6.45, 7) is 34.6. The van der Waals surface area contributed by atoms with Crippen molar-refractivity contribution in [3.8, 4) is 69.0 Å². The van der Waals surface area contributed by atoms with Gasteiger partial charge in [-0.3, -0.25) is 4.79 Å². The first-order chi connectivity index (χ1) is 42.2. The second kappa shape index (κ2) is 32.3. The Morgan fingerprint density at radius 3 is 1.04 bits per heavy atom. The third-order valence-electron chi connectivity index (χ3n) is 12.7. The zero-order valence-corrected chi connectivity index (χ0v) is 55.6. The van der Waals surface area contributed by atoms with E-state index < -0.39 is 58.4 Å². The highest BCUT2D eigenvalue weighted by Crippen LogP contribution is 2.38. The van der Waals surface area contributed by atoms with E-state index in [1.54, 1.807) is 126 Å². The van der Waals surface area contributed by atoms with Crippen molar-refractivity contribution < 1.29 is 95.8 Å². The number of carbonyl (C=O) groups is 6. The molecule has 0 saturated heterocycles. The molecule has 0 fully saturated rings.